The van der Waals surface area contributed by atoms with Gasteiger partial charge in [-0.3, -0.25) is 4.79 Å². The molecule has 0 aliphatic heterocycles. The normalized spacial score (nSPS) is 12.1. The van der Waals surface area contributed by atoms with Crippen LogP contribution in [0.1, 0.15) is 12.5 Å². The van der Waals surface area contributed by atoms with E-state index < -0.39 is 23.7 Å². The zero-order valence-electron chi connectivity index (χ0n) is 15.8. The van der Waals surface area contributed by atoms with E-state index in [0.717, 1.165) is 12.1 Å². The van der Waals surface area contributed by atoms with Gasteiger partial charge in [0, 0.05) is 23.5 Å². The van der Waals surface area contributed by atoms with Gasteiger partial charge in [-0.25, -0.2) is 0 Å². The molecule has 0 saturated heterocycles. The molecule has 0 unspecified atom stereocenters. The number of nitrogens with one attached hydrogen (secondary N) is 2. The number of carbonyl (C=O) groups is 1. The van der Waals surface area contributed by atoms with E-state index in [2.05, 4.69) is 10.6 Å². The molecule has 0 aromatic heterocycles. The molecule has 2 aromatic carbocycles. The topological polar surface area (TPSA) is 68.8 Å². The highest BCUT2D eigenvalue weighted by molar-refractivity contribution is 5.96. The third-order valence-corrected chi connectivity index (χ3v) is 3.92. The summed E-state index contributed by atoms with van der Waals surface area (Å²) in [5.41, 5.74) is 0.0233. The van der Waals surface area contributed by atoms with E-state index >= 15 is 0 Å². The van der Waals surface area contributed by atoms with Gasteiger partial charge in [0.15, 0.2) is 11.5 Å². The van der Waals surface area contributed by atoms with Crippen LogP contribution in [0.15, 0.2) is 36.4 Å². The van der Waals surface area contributed by atoms with Crippen LogP contribution in [0.4, 0.5) is 24.5 Å². The fraction of sp³-hybridized carbons (Fsp3) is 0.316. The maximum Gasteiger partial charge on any atom is 0.416 e. The van der Waals surface area contributed by atoms with E-state index in [-0.39, 0.29) is 5.69 Å². The zero-order chi connectivity index (χ0) is 20.9. The van der Waals surface area contributed by atoms with Crippen molar-refractivity contribution in [1.82, 2.24) is 0 Å². The highest BCUT2D eigenvalue weighted by Gasteiger charge is 2.30. The van der Waals surface area contributed by atoms with Crippen LogP contribution in [0.5, 0.6) is 17.2 Å². The molecular formula is C19H21F3N2O4. The molecule has 0 spiro atoms. The molecule has 0 fully saturated rings. The predicted molar refractivity (Wildman–Crippen MR) is 99.3 cm³/mol. The van der Waals surface area contributed by atoms with Gasteiger partial charge in [0.2, 0.25) is 11.7 Å². The van der Waals surface area contributed by atoms with Crippen molar-refractivity contribution in [3.63, 3.8) is 0 Å². The summed E-state index contributed by atoms with van der Waals surface area (Å²) in [5.74, 6) is 0.824. The van der Waals surface area contributed by atoms with Gasteiger partial charge < -0.3 is 24.8 Å². The molecule has 0 heterocycles. The lowest BCUT2D eigenvalue weighted by Gasteiger charge is -2.18. The lowest BCUT2D eigenvalue weighted by Crippen LogP contribution is -2.31. The van der Waals surface area contributed by atoms with Gasteiger partial charge in [0.1, 0.15) is 6.04 Å². The van der Waals surface area contributed by atoms with E-state index in [4.69, 9.17) is 14.2 Å². The molecule has 1 atom stereocenters. The number of hydrogen-bond acceptors (Lipinski definition) is 5. The minimum atomic E-state index is -4.43. The summed E-state index contributed by atoms with van der Waals surface area (Å²) in [5, 5.41) is 5.56. The molecule has 6 nitrogen and oxygen atoms in total. The monoisotopic (exact) mass is 398 g/mol. The minimum Gasteiger partial charge on any atom is -0.493 e. The van der Waals surface area contributed by atoms with Crippen LogP contribution in [0, 0.1) is 0 Å². The number of hydrogen-bond donors (Lipinski definition) is 2. The first-order valence-electron chi connectivity index (χ1n) is 8.24. The van der Waals surface area contributed by atoms with Crippen molar-refractivity contribution in [3.05, 3.63) is 42.0 Å². The number of halogens is 3. The second-order valence-electron chi connectivity index (χ2n) is 5.84. The van der Waals surface area contributed by atoms with Gasteiger partial charge in [0.05, 0.1) is 26.9 Å². The Morgan fingerprint density at radius 1 is 0.929 bits per heavy atom. The summed E-state index contributed by atoms with van der Waals surface area (Å²) in [6, 6.07) is 6.82. The summed E-state index contributed by atoms with van der Waals surface area (Å²) >= 11 is 0. The van der Waals surface area contributed by atoms with Crippen molar-refractivity contribution in [2.24, 2.45) is 0 Å². The number of amides is 1. The Balaban J connectivity index is 2.10. The Morgan fingerprint density at radius 2 is 1.46 bits per heavy atom. The lowest BCUT2D eigenvalue weighted by molar-refractivity contribution is -0.137. The summed E-state index contributed by atoms with van der Waals surface area (Å²) in [6.45, 7) is 1.61. The van der Waals surface area contributed by atoms with Crippen molar-refractivity contribution in [2.45, 2.75) is 19.1 Å². The summed E-state index contributed by atoms with van der Waals surface area (Å²) in [6.07, 6.45) is -4.43. The molecule has 9 heteroatoms. The number of alkyl halides is 3. The van der Waals surface area contributed by atoms with Gasteiger partial charge in [-0.05, 0) is 31.2 Å². The molecule has 28 heavy (non-hydrogen) atoms. The molecule has 0 aliphatic carbocycles. The first-order chi connectivity index (χ1) is 13.2. The lowest BCUT2D eigenvalue weighted by atomic mass is 10.2. The van der Waals surface area contributed by atoms with Gasteiger partial charge in [-0.2, -0.15) is 13.2 Å². The van der Waals surface area contributed by atoms with Crippen LogP contribution in [0.3, 0.4) is 0 Å². The van der Waals surface area contributed by atoms with Crippen LogP contribution >= 0.6 is 0 Å². The zero-order valence-corrected chi connectivity index (χ0v) is 15.8. The maximum absolute atomic E-state index is 12.6. The molecule has 0 aliphatic rings. The van der Waals surface area contributed by atoms with E-state index in [1.54, 1.807) is 19.1 Å². The quantitative estimate of drug-likeness (QED) is 0.733. The second kappa shape index (κ2) is 8.73. The van der Waals surface area contributed by atoms with E-state index in [0.29, 0.717) is 22.9 Å². The highest BCUT2D eigenvalue weighted by Crippen LogP contribution is 2.40. The molecule has 0 bridgehead atoms. The van der Waals surface area contributed by atoms with Crippen LogP contribution in [-0.2, 0) is 11.0 Å². The van der Waals surface area contributed by atoms with Crippen molar-refractivity contribution < 1.29 is 32.2 Å². The summed E-state index contributed by atoms with van der Waals surface area (Å²) in [4.78, 5) is 12.3. The van der Waals surface area contributed by atoms with Gasteiger partial charge >= 0.3 is 6.18 Å². The molecule has 2 N–H and O–H groups in total. The second-order valence-corrected chi connectivity index (χ2v) is 5.84. The van der Waals surface area contributed by atoms with Crippen LogP contribution in [0.25, 0.3) is 0 Å². The van der Waals surface area contributed by atoms with Crippen LogP contribution < -0.4 is 24.8 Å². The molecule has 2 aromatic rings. The molecule has 2 rings (SSSR count). The predicted octanol–water partition coefficient (Wildman–Crippen LogP) is 4.17. The number of carbonyl (C=O) groups excluding carboxylic acids is 1. The van der Waals surface area contributed by atoms with Gasteiger partial charge in [-0.1, -0.05) is 0 Å². The molecular weight excluding hydrogens is 377 g/mol. The molecule has 0 radical (unpaired) electrons. The Labute approximate surface area is 160 Å². The van der Waals surface area contributed by atoms with E-state index in [1.165, 1.54) is 33.5 Å². The maximum atomic E-state index is 12.6. The summed E-state index contributed by atoms with van der Waals surface area (Å²) in [7, 11) is 4.43. The van der Waals surface area contributed by atoms with Crippen molar-refractivity contribution in [1.29, 1.82) is 0 Å². The molecule has 152 valence electrons. The molecule has 1 amide bonds. The number of rotatable bonds is 7. The number of anilines is 2. The number of ether oxygens (including phenoxy) is 3. The standard InChI is InChI=1S/C19H21F3N2O4/c1-11(18(25)24-13-7-5-12(6-8-13)19(20,21)22)23-14-9-15(26-2)17(28-4)16(10-14)27-3/h5-11,23H,1-4H3,(H,24,25)/t11-/m0/s1. The smallest absolute Gasteiger partial charge is 0.416 e. The average molecular weight is 398 g/mol. The minimum absolute atomic E-state index is 0.261. The Hall–Kier alpha value is -3.10. The van der Waals surface area contributed by atoms with Gasteiger partial charge in [0.25, 0.3) is 0 Å². The van der Waals surface area contributed by atoms with E-state index in [1.807, 2.05) is 0 Å². The number of methoxy groups -OCH3 is 3. The largest absolute Gasteiger partial charge is 0.493 e. The third kappa shape index (κ3) is 4.99. The fourth-order valence-electron chi connectivity index (χ4n) is 2.47. The highest BCUT2D eigenvalue weighted by atomic mass is 19.4. The van der Waals surface area contributed by atoms with Crippen molar-refractivity contribution in [3.8, 4) is 17.2 Å². The Kier molecular flexibility index (Phi) is 6.61. The van der Waals surface area contributed by atoms with E-state index in [9.17, 15) is 18.0 Å². The average Bonchev–Trinajstić information content (AvgIpc) is 2.66. The van der Waals surface area contributed by atoms with Gasteiger partial charge in [-0.15, -0.1) is 0 Å². The molecule has 0 saturated carbocycles. The Morgan fingerprint density at radius 3 is 1.89 bits per heavy atom. The first-order valence-corrected chi connectivity index (χ1v) is 8.24. The SMILES string of the molecule is COc1cc(N[C@@H](C)C(=O)Nc2ccc(C(F)(F)F)cc2)cc(OC)c1OC. The first kappa shape index (κ1) is 21.2. The number of benzene rings is 2. The van der Waals surface area contributed by atoms with Crippen molar-refractivity contribution in [2.75, 3.05) is 32.0 Å². The van der Waals surface area contributed by atoms with Crippen LogP contribution in [0.2, 0.25) is 0 Å². The third-order valence-electron chi connectivity index (χ3n) is 3.92. The summed E-state index contributed by atoms with van der Waals surface area (Å²) < 4.78 is 53.6. The van der Waals surface area contributed by atoms with Crippen LogP contribution in [-0.4, -0.2) is 33.3 Å². The fourth-order valence-corrected chi connectivity index (χ4v) is 2.47. The Bertz CT molecular complexity index is 798. The van der Waals surface area contributed by atoms with Crippen molar-refractivity contribution >= 4 is 17.3 Å².